The Labute approximate surface area is 129 Å². The molecule has 0 spiro atoms. The molecule has 2 rings (SSSR count). The van der Waals surface area contributed by atoms with Gasteiger partial charge in [-0.1, -0.05) is 42.5 Å². The molecule has 110 valence electrons. The van der Waals surface area contributed by atoms with Gasteiger partial charge in [-0.15, -0.1) is 11.6 Å². The van der Waals surface area contributed by atoms with Crippen molar-refractivity contribution in [1.82, 2.24) is 0 Å². The summed E-state index contributed by atoms with van der Waals surface area (Å²) in [5.41, 5.74) is 7.88. The number of carbonyl (C=O) groups is 1. The summed E-state index contributed by atoms with van der Waals surface area (Å²) in [6.07, 6.45) is 0.491. The second-order valence-electron chi connectivity index (χ2n) is 4.83. The first-order valence-electron chi connectivity index (χ1n) is 6.79. The van der Waals surface area contributed by atoms with E-state index in [9.17, 15) is 4.79 Å². The molecule has 2 aromatic rings. The predicted octanol–water partition coefficient (Wildman–Crippen LogP) is 2.94. The van der Waals surface area contributed by atoms with Crippen LogP contribution in [-0.2, 0) is 17.8 Å². The predicted molar refractivity (Wildman–Crippen MR) is 84.6 cm³/mol. The molecule has 0 aliphatic heterocycles. The third-order valence-corrected chi connectivity index (χ3v) is 3.44. The Balaban J connectivity index is 1.88. The van der Waals surface area contributed by atoms with Crippen LogP contribution < -0.4 is 10.5 Å². The first-order chi connectivity index (χ1) is 10.2. The Morgan fingerprint density at radius 2 is 1.71 bits per heavy atom. The monoisotopic (exact) mass is 303 g/mol. The number of alkyl halides is 1. The third kappa shape index (κ3) is 4.88. The molecule has 21 heavy (non-hydrogen) atoms. The van der Waals surface area contributed by atoms with Crippen LogP contribution in [0.1, 0.15) is 11.1 Å². The number of rotatable bonds is 7. The summed E-state index contributed by atoms with van der Waals surface area (Å²) >= 11 is 5.49. The number of hydrogen-bond donors (Lipinski definition) is 1. The van der Waals surface area contributed by atoms with Crippen LogP contribution in [0.2, 0.25) is 0 Å². The molecule has 3 nitrogen and oxygen atoms in total. The van der Waals surface area contributed by atoms with Crippen molar-refractivity contribution in [2.75, 3.05) is 5.88 Å². The van der Waals surface area contributed by atoms with Crippen LogP contribution in [0.25, 0.3) is 0 Å². The molecule has 2 N–H and O–H groups in total. The van der Waals surface area contributed by atoms with E-state index in [4.69, 9.17) is 22.1 Å². The van der Waals surface area contributed by atoms with Gasteiger partial charge in [-0.3, -0.25) is 4.79 Å². The molecule has 0 aliphatic carbocycles. The number of halogens is 1. The fourth-order valence-corrected chi connectivity index (χ4v) is 2.13. The van der Waals surface area contributed by atoms with Crippen molar-refractivity contribution < 1.29 is 9.53 Å². The first kappa shape index (κ1) is 15.5. The zero-order chi connectivity index (χ0) is 15.1. The van der Waals surface area contributed by atoms with Crippen molar-refractivity contribution in [3.63, 3.8) is 0 Å². The van der Waals surface area contributed by atoms with Gasteiger partial charge in [-0.25, -0.2) is 0 Å². The summed E-state index contributed by atoms with van der Waals surface area (Å²) in [5.74, 6) is 0.611. The third-order valence-electron chi connectivity index (χ3n) is 3.17. The van der Waals surface area contributed by atoms with Crippen molar-refractivity contribution >= 4 is 17.4 Å². The fraction of sp³-hybridized carbons (Fsp3) is 0.235. The van der Waals surface area contributed by atoms with Crippen molar-refractivity contribution in [3.8, 4) is 5.75 Å². The number of Topliss-reactive ketones (excluding diaryl/α,β-unsaturated/α-hetero) is 1. The summed E-state index contributed by atoms with van der Waals surface area (Å²) in [6, 6.07) is 17.0. The van der Waals surface area contributed by atoms with E-state index < -0.39 is 6.04 Å². The molecule has 0 fully saturated rings. The highest BCUT2D eigenvalue weighted by Gasteiger charge is 2.12. The lowest BCUT2D eigenvalue weighted by Crippen LogP contribution is -2.33. The van der Waals surface area contributed by atoms with E-state index in [2.05, 4.69) is 0 Å². The largest absolute Gasteiger partial charge is 0.489 e. The minimum Gasteiger partial charge on any atom is -0.489 e. The fourth-order valence-electron chi connectivity index (χ4n) is 1.93. The zero-order valence-electron chi connectivity index (χ0n) is 11.7. The van der Waals surface area contributed by atoms with Crippen LogP contribution in [0.3, 0.4) is 0 Å². The lowest BCUT2D eigenvalue weighted by Gasteiger charge is -2.10. The van der Waals surface area contributed by atoms with E-state index in [1.54, 1.807) is 0 Å². The summed E-state index contributed by atoms with van der Waals surface area (Å²) in [4.78, 5) is 11.4. The highest BCUT2D eigenvalue weighted by molar-refractivity contribution is 6.28. The van der Waals surface area contributed by atoms with E-state index in [0.717, 1.165) is 16.9 Å². The number of hydrogen-bond acceptors (Lipinski definition) is 3. The van der Waals surface area contributed by atoms with E-state index in [-0.39, 0.29) is 11.7 Å². The van der Waals surface area contributed by atoms with Crippen LogP contribution in [0.4, 0.5) is 0 Å². The normalized spacial score (nSPS) is 11.9. The van der Waals surface area contributed by atoms with Gasteiger partial charge in [0.2, 0.25) is 0 Å². The maximum absolute atomic E-state index is 11.4. The Hall–Kier alpha value is -1.84. The standard InChI is InChI=1S/C17H18ClNO2/c18-11-17(20)16(19)10-13-6-8-15(9-7-13)21-12-14-4-2-1-3-5-14/h1-9,16H,10-12,19H2. The summed E-state index contributed by atoms with van der Waals surface area (Å²) in [5, 5.41) is 0. The second-order valence-corrected chi connectivity index (χ2v) is 5.10. The number of carbonyl (C=O) groups excluding carboxylic acids is 1. The molecule has 1 atom stereocenters. The van der Waals surface area contributed by atoms with Crippen LogP contribution in [0.5, 0.6) is 5.75 Å². The van der Waals surface area contributed by atoms with Gasteiger partial charge in [0, 0.05) is 0 Å². The smallest absolute Gasteiger partial charge is 0.164 e. The van der Waals surface area contributed by atoms with Crippen LogP contribution in [-0.4, -0.2) is 17.7 Å². The molecule has 0 heterocycles. The van der Waals surface area contributed by atoms with Crippen molar-refractivity contribution in [2.45, 2.75) is 19.1 Å². The van der Waals surface area contributed by atoms with E-state index >= 15 is 0 Å². The van der Waals surface area contributed by atoms with Gasteiger partial charge >= 0.3 is 0 Å². The van der Waals surface area contributed by atoms with Crippen LogP contribution in [0, 0.1) is 0 Å². The lowest BCUT2D eigenvalue weighted by molar-refractivity contribution is -0.117. The van der Waals surface area contributed by atoms with Gasteiger partial charge in [0.25, 0.3) is 0 Å². The number of ether oxygens (including phenoxy) is 1. The van der Waals surface area contributed by atoms with Gasteiger partial charge in [-0.05, 0) is 29.7 Å². The highest BCUT2D eigenvalue weighted by atomic mass is 35.5. The molecular weight excluding hydrogens is 286 g/mol. The maximum atomic E-state index is 11.4. The topological polar surface area (TPSA) is 52.3 Å². The lowest BCUT2D eigenvalue weighted by atomic mass is 10.0. The van der Waals surface area contributed by atoms with Crippen molar-refractivity contribution in [2.24, 2.45) is 5.73 Å². The Bertz CT molecular complexity index is 569. The van der Waals surface area contributed by atoms with Gasteiger partial charge < -0.3 is 10.5 Å². The Kier molecular flexibility index (Phi) is 5.78. The first-order valence-corrected chi connectivity index (χ1v) is 7.32. The van der Waals surface area contributed by atoms with Gasteiger partial charge in [0.05, 0.1) is 11.9 Å². The number of ketones is 1. The van der Waals surface area contributed by atoms with E-state index in [1.807, 2.05) is 54.6 Å². The molecule has 2 aromatic carbocycles. The van der Waals surface area contributed by atoms with Gasteiger partial charge in [-0.2, -0.15) is 0 Å². The van der Waals surface area contributed by atoms with Crippen molar-refractivity contribution in [3.05, 3.63) is 65.7 Å². The average Bonchev–Trinajstić information content (AvgIpc) is 2.54. The molecule has 0 amide bonds. The summed E-state index contributed by atoms with van der Waals surface area (Å²) in [7, 11) is 0. The van der Waals surface area contributed by atoms with Crippen LogP contribution >= 0.6 is 11.6 Å². The highest BCUT2D eigenvalue weighted by Crippen LogP contribution is 2.15. The summed E-state index contributed by atoms with van der Waals surface area (Å²) < 4.78 is 5.70. The molecule has 1 unspecified atom stereocenters. The molecule has 0 saturated carbocycles. The van der Waals surface area contributed by atoms with E-state index in [0.29, 0.717) is 13.0 Å². The second kappa shape index (κ2) is 7.81. The molecule has 0 aromatic heterocycles. The quantitative estimate of drug-likeness (QED) is 0.800. The van der Waals surface area contributed by atoms with Gasteiger partial charge in [0.1, 0.15) is 12.4 Å². The SMILES string of the molecule is NC(Cc1ccc(OCc2ccccc2)cc1)C(=O)CCl. The number of benzene rings is 2. The van der Waals surface area contributed by atoms with E-state index in [1.165, 1.54) is 0 Å². The molecule has 4 heteroatoms. The summed E-state index contributed by atoms with van der Waals surface area (Å²) in [6.45, 7) is 0.532. The molecular formula is C17H18ClNO2. The van der Waals surface area contributed by atoms with Gasteiger partial charge in [0.15, 0.2) is 5.78 Å². The molecule has 0 aliphatic rings. The Morgan fingerprint density at radius 3 is 2.33 bits per heavy atom. The molecule has 0 saturated heterocycles. The van der Waals surface area contributed by atoms with Crippen LogP contribution in [0.15, 0.2) is 54.6 Å². The minimum absolute atomic E-state index is 0.0422. The molecule has 0 bridgehead atoms. The van der Waals surface area contributed by atoms with Crippen molar-refractivity contribution in [1.29, 1.82) is 0 Å². The molecule has 0 radical (unpaired) electrons. The minimum atomic E-state index is -0.543. The maximum Gasteiger partial charge on any atom is 0.164 e. The Morgan fingerprint density at radius 1 is 1.05 bits per heavy atom. The zero-order valence-corrected chi connectivity index (χ0v) is 12.4. The average molecular weight is 304 g/mol. The number of nitrogens with two attached hydrogens (primary N) is 1.